The Kier molecular flexibility index (Phi) is 6.76. The Morgan fingerprint density at radius 3 is 2.70 bits per heavy atom. The molecule has 1 N–H and O–H groups in total. The largest absolute Gasteiger partial charge is 0.350 e. The van der Waals surface area contributed by atoms with E-state index in [0.29, 0.717) is 6.54 Å². The van der Waals surface area contributed by atoms with E-state index in [9.17, 15) is 9.59 Å². The highest BCUT2D eigenvalue weighted by molar-refractivity contribution is 14.1. The number of halogens is 1. The average Bonchev–Trinajstić information content (AvgIpc) is 2.54. The van der Waals surface area contributed by atoms with Gasteiger partial charge in [0, 0.05) is 21.9 Å². The summed E-state index contributed by atoms with van der Waals surface area (Å²) in [4.78, 5) is 28.2. The molecule has 1 amide bonds. The minimum absolute atomic E-state index is 0.00966. The van der Waals surface area contributed by atoms with Crippen molar-refractivity contribution in [2.24, 2.45) is 0 Å². The highest BCUT2D eigenvalue weighted by Crippen LogP contribution is 2.06. The van der Waals surface area contributed by atoms with Gasteiger partial charge in [-0.2, -0.15) is 0 Å². The number of carbonyl (C=O) groups is 1. The lowest BCUT2D eigenvalue weighted by Crippen LogP contribution is -2.32. The second kappa shape index (κ2) is 8.81. The number of nitrogens with one attached hydrogen (secondary N) is 1. The van der Waals surface area contributed by atoms with Crippen molar-refractivity contribution in [2.75, 3.05) is 0 Å². The number of hydrogen-bond acceptors (Lipinski definition) is 3. The zero-order chi connectivity index (χ0) is 16.7. The number of rotatable bonds is 7. The van der Waals surface area contributed by atoms with Crippen molar-refractivity contribution in [1.82, 2.24) is 14.9 Å². The quantitative estimate of drug-likeness (QED) is 0.694. The summed E-state index contributed by atoms with van der Waals surface area (Å²) >= 11 is 2.24. The zero-order valence-electron chi connectivity index (χ0n) is 13.1. The van der Waals surface area contributed by atoms with Crippen molar-refractivity contribution >= 4 is 28.5 Å². The summed E-state index contributed by atoms with van der Waals surface area (Å²) in [6, 6.07) is 9.44. The molecule has 0 aliphatic heterocycles. The number of aromatic nitrogens is 2. The van der Waals surface area contributed by atoms with Crippen LogP contribution in [0.5, 0.6) is 0 Å². The number of aryl methyl sites for hydroxylation is 1. The molecule has 2 rings (SSSR count). The third-order valence-corrected chi connectivity index (χ3v) is 4.16. The van der Waals surface area contributed by atoms with Gasteiger partial charge in [0.25, 0.3) is 5.56 Å². The molecule has 0 spiro atoms. The molecule has 2 aromatic rings. The van der Waals surface area contributed by atoms with E-state index in [1.807, 2.05) is 24.3 Å². The second-order valence-electron chi connectivity index (χ2n) is 5.35. The van der Waals surface area contributed by atoms with Gasteiger partial charge in [-0.1, -0.05) is 25.5 Å². The van der Waals surface area contributed by atoms with E-state index in [-0.39, 0.29) is 18.0 Å². The van der Waals surface area contributed by atoms with Crippen LogP contribution in [-0.2, 0) is 24.3 Å². The van der Waals surface area contributed by atoms with Crippen LogP contribution >= 0.6 is 22.6 Å². The first-order valence-electron chi connectivity index (χ1n) is 7.65. The van der Waals surface area contributed by atoms with Gasteiger partial charge in [-0.25, -0.2) is 4.98 Å². The zero-order valence-corrected chi connectivity index (χ0v) is 15.2. The molecule has 1 aromatic carbocycles. The van der Waals surface area contributed by atoms with Gasteiger partial charge in [-0.05, 0) is 53.1 Å². The summed E-state index contributed by atoms with van der Waals surface area (Å²) in [5, 5.41) is 2.81. The Bertz CT molecular complexity index is 711. The molecular weight excluding hydrogens is 405 g/mol. The summed E-state index contributed by atoms with van der Waals surface area (Å²) < 4.78 is 2.48. The van der Waals surface area contributed by atoms with Gasteiger partial charge in [-0.3, -0.25) is 14.2 Å². The third kappa shape index (κ3) is 5.78. The van der Waals surface area contributed by atoms with Crippen LogP contribution in [0.1, 0.15) is 31.0 Å². The van der Waals surface area contributed by atoms with E-state index < -0.39 is 0 Å². The van der Waals surface area contributed by atoms with E-state index in [4.69, 9.17) is 0 Å². The van der Waals surface area contributed by atoms with E-state index in [1.54, 1.807) is 0 Å². The van der Waals surface area contributed by atoms with E-state index in [2.05, 4.69) is 39.8 Å². The minimum atomic E-state index is -0.200. The van der Waals surface area contributed by atoms with Gasteiger partial charge < -0.3 is 5.32 Å². The lowest BCUT2D eigenvalue weighted by molar-refractivity contribution is -0.121. The number of unbranched alkanes of at least 4 members (excludes halogenated alkanes) is 1. The molecule has 0 aliphatic rings. The van der Waals surface area contributed by atoms with Crippen LogP contribution in [-0.4, -0.2) is 15.5 Å². The molecule has 0 aliphatic carbocycles. The van der Waals surface area contributed by atoms with Crippen molar-refractivity contribution in [3.8, 4) is 0 Å². The molecule has 0 saturated heterocycles. The molecule has 23 heavy (non-hydrogen) atoms. The lowest BCUT2D eigenvalue weighted by Gasteiger charge is -2.08. The molecule has 1 aromatic heterocycles. The summed E-state index contributed by atoms with van der Waals surface area (Å²) in [5.74, 6) is -0.200. The van der Waals surface area contributed by atoms with Crippen LogP contribution in [0.15, 0.2) is 41.5 Å². The van der Waals surface area contributed by atoms with Crippen LogP contribution in [0.25, 0.3) is 0 Å². The maximum atomic E-state index is 12.0. The maximum Gasteiger partial charge on any atom is 0.253 e. The summed E-state index contributed by atoms with van der Waals surface area (Å²) in [5.41, 5.74) is 1.63. The van der Waals surface area contributed by atoms with Crippen LogP contribution in [0.2, 0.25) is 0 Å². The second-order valence-corrected chi connectivity index (χ2v) is 6.60. The molecule has 5 nitrogen and oxygen atoms in total. The van der Waals surface area contributed by atoms with Crippen molar-refractivity contribution in [3.63, 3.8) is 0 Å². The predicted molar refractivity (Wildman–Crippen MR) is 98.1 cm³/mol. The Balaban J connectivity index is 1.89. The Morgan fingerprint density at radius 1 is 1.30 bits per heavy atom. The molecular formula is C17H20IN3O2. The Hall–Kier alpha value is -1.70. The van der Waals surface area contributed by atoms with Crippen molar-refractivity contribution in [3.05, 3.63) is 61.8 Å². The van der Waals surface area contributed by atoms with Crippen molar-refractivity contribution < 1.29 is 4.79 Å². The van der Waals surface area contributed by atoms with Gasteiger partial charge in [-0.15, -0.1) is 0 Å². The molecule has 0 unspecified atom stereocenters. The van der Waals surface area contributed by atoms with Gasteiger partial charge in [0.15, 0.2) is 0 Å². The fraction of sp³-hybridized carbons (Fsp3) is 0.353. The number of benzene rings is 1. The monoisotopic (exact) mass is 425 g/mol. The first kappa shape index (κ1) is 17.7. The highest BCUT2D eigenvalue weighted by atomic mass is 127. The predicted octanol–water partition coefficient (Wildman–Crippen LogP) is 2.51. The summed E-state index contributed by atoms with van der Waals surface area (Å²) in [6.45, 7) is 2.54. The van der Waals surface area contributed by atoms with Crippen LogP contribution in [0.3, 0.4) is 0 Å². The number of carbonyl (C=O) groups excluding carboxylic acids is 1. The van der Waals surface area contributed by atoms with Crippen LogP contribution < -0.4 is 10.9 Å². The average molecular weight is 425 g/mol. The maximum absolute atomic E-state index is 12.0. The van der Waals surface area contributed by atoms with E-state index in [0.717, 1.165) is 34.1 Å². The molecule has 6 heteroatoms. The normalized spacial score (nSPS) is 10.5. The minimum Gasteiger partial charge on any atom is -0.350 e. The lowest BCUT2D eigenvalue weighted by atomic mass is 10.2. The molecule has 122 valence electrons. The van der Waals surface area contributed by atoms with Crippen LogP contribution in [0, 0.1) is 3.57 Å². The van der Waals surface area contributed by atoms with Crippen molar-refractivity contribution in [2.45, 2.75) is 39.3 Å². The Labute approximate surface area is 149 Å². The highest BCUT2D eigenvalue weighted by Gasteiger charge is 2.06. The smallest absolute Gasteiger partial charge is 0.253 e. The fourth-order valence-corrected chi connectivity index (χ4v) is 2.45. The third-order valence-electron chi connectivity index (χ3n) is 3.44. The topological polar surface area (TPSA) is 64.0 Å². The molecule has 0 saturated carbocycles. The van der Waals surface area contributed by atoms with Crippen LogP contribution in [0.4, 0.5) is 0 Å². The SMILES string of the molecule is CCCCc1cc(=O)n(CC(=O)NCc2ccc(I)cc2)cn1. The molecule has 0 bridgehead atoms. The number of nitrogens with zero attached hydrogens (tertiary/aromatic N) is 2. The van der Waals surface area contributed by atoms with E-state index >= 15 is 0 Å². The van der Waals surface area contributed by atoms with Gasteiger partial charge in [0.1, 0.15) is 6.54 Å². The first-order chi connectivity index (χ1) is 11.1. The van der Waals surface area contributed by atoms with Gasteiger partial charge in [0.05, 0.1) is 6.33 Å². The molecule has 0 radical (unpaired) electrons. The molecule has 0 fully saturated rings. The summed E-state index contributed by atoms with van der Waals surface area (Å²) in [6.07, 6.45) is 4.32. The number of hydrogen-bond donors (Lipinski definition) is 1. The fourth-order valence-electron chi connectivity index (χ4n) is 2.09. The number of amides is 1. The first-order valence-corrected chi connectivity index (χ1v) is 8.73. The molecule has 0 atom stereocenters. The standard InChI is InChI=1S/C17H20IN3O2/c1-2-3-4-15-9-17(23)21(12-20-15)11-16(22)19-10-13-5-7-14(18)8-6-13/h5-9,12H,2-4,10-11H2,1H3,(H,19,22). The van der Waals surface area contributed by atoms with Crippen molar-refractivity contribution in [1.29, 1.82) is 0 Å². The van der Waals surface area contributed by atoms with Gasteiger partial charge in [0.2, 0.25) is 5.91 Å². The van der Waals surface area contributed by atoms with E-state index in [1.165, 1.54) is 17.0 Å². The Morgan fingerprint density at radius 2 is 2.04 bits per heavy atom. The molecule has 1 heterocycles. The van der Waals surface area contributed by atoms with Gasteiger partial charge >= 0.3 is 0 Å². The summed E-state index contributed by atoms with van der Waals surface area (Å²) in [7, 11) is 0.